The van der Waals surface area contributed by atoms with Gasteiger partial charge >= 0.3 is 0 Å². The fourth-order valence-electron chi connectivity index (χ4n) is 3.05. The number of pyridine rings is 1. The first kappa shape index (κ1) is 19.0. The van der Waals surface area contributed by atoms with Crippen molar-refractivity contribution in [2.24, 2.45) is 0 Å². The summed E-state index contributed by atoms with van der Waals surface area (Å²) in [5.74, 6) is 2.45. The van der Waals surface area contributed by atoms with Crippen molar-refractivity contribution in [3.8, 4) is 22.3 Å². The summed E-state index contributed by atoms with van der Waals surface area (Å²) < 4.78 is 12.7. The number of hydrogen-bond acceptors (Lipinski definition) is 6. The van der Waals surface area contributed by atoms with E-state index in [1.165, 1.54) is 0 Å². The zero-order chi connectivity index (χ0) is 21.0. The topological polar surface area (TPSA) is 77.2 Å². The van der Waals surface area contributed by atoms with E-state index in [1.54, 1.807) is 54.1 Å². The third-order valence-electron chi connectivity index (χ3n) is 4.58. The molecule has 0 fully saturated rings. The second-order valence-corrected chi connectivity index (χ2v) is 7.78. The average molecular weight is 427 g/mol. The van der Waals surface area contributed by atoms with Crippen LogP contribution in [0.3, 0.4) is 0 Å². The lowest BCUT2D eigenvalue weighted by molar-refractivity contribution is 0.0948. The van der Waals surface area contributed by atoms with Gasteiger partial charge in [-0.05, 0) is 60.7 Å². The summed E-state index contributed by atoms with van der Waals surface area (Å²) >= 11 is 1.58. The molecule has 0 unspecified atom stereocenters. The number of aromatic nitrogens is 2. The molecule has 152 valence electrons. The first-order valence-corrected chi connectivity index (χ1v) is 10.5. The van der Waals surface area contributed by atoms with Crippen LogP contribution in [0.15, 0.2) is 89.6 Å². The van der Waals surface area contributed by atoms with Crippen LogP contribution in [-0.4, -0.2) is 15.9 Å². The normalized spacial score (nSPS) is 10.8. The number of fused-ring (bicyclic) bond motifs is 1. The van der Waals surface area contributed by atoms with Crippen LogP contribution in [-0.2, 0) is 6.54 Å². The SMILES string of the molecule is O=C(NCc1ccc(-c2nc3ccccc3s2)o1)c1ccc(Oc2cccnc2)cc1. The third kappa shape index (κ3) is 4.31. The van der Waals surface area contributed by atoms with E-state index < -0.39 is 0 Å². The first-order chi connectivity index (χ1) is 15.2. The van der Waals surface area contributed by atoms with Gasteiger partial charge in [-0.1, -0.05) is 12.1 Å². The molecule has 1 amide bonds. The molecule has 0 saturated heterocycles. The number of nitrogens with one attached hydrogen (secondary N) is 1. The van der Waals surface area contributed by atoms with Crippen molar-refractivity contribution in [3.63, 3.8) is 0 Å². The number of furan rings is 1. The zero-order valence-electron chi connectivity index (χ0n) is 16.3. The van der Waals surface area contributed by atoms with Crippen LogP contribution in [0.25, 0.3) is 21.0 Å². The van der Waals surface area contributed by atoms with Crippen molar-refractivity contribution in [1.82, 2.24) is 15.3 Å². The summed E-state index contributed by atoms with van der Waals surface area (Å²) in [4.78, 5) is 21.1. The molecule has 2 aromatic carbocycles. The lowest BCUT2D eigenvalue weighted by Crippen LogP contribution is -2.22. The van der Waals surface area contributed by atoms with E-state index in [9.17, 15) is 4.79 Å². The highest BCUT2D eigenvalue weighted by Crippen LogP contribution is 2.31. The van der Waals surface area contributed by atoms with Gasteiger partial charge in [-0.2, -0.15) is 0 Å². The Morgan fingerprint density at radius 3 is 2.65 bits per heavy atom. The summed E-state index contributed by atoms with van der Waals surface area (Å²) in [6.45, 7) is 0.289. The Balaban J connectivity index is 1.20. The number of thiazole rings is 1. The lowest BCUT2D eigenvalue weighted by Gasteiger charge is -2.07. The summed E-state index contributed by atoms with van der Waals surface area (Å²) in [5, 5.41) is 3.70. The van der Waals surface area contributed by atoms with Gasteiger partial charge in [-0.25, -0.2) is 4.98 Å². The number of hydrogen-bond donors (Lipinski definition) is 1. The molecule has 0 aliphatic heterocycles. The quantitative estimate of drug-likeness (QED) is 0.378. The van der Waals surface area contributed by atoms with Crippen molar-refractivity contribution < 1.29 is 13.9 Å². The van der Waals surface area contributed by atoms with Crippen LogP contribution in [0.5, 0.6) is 11.5 Å². The minimum Gasteiger partial charge on any atom is -0.457 e. The Bertz CT molecular complexity index is 1290. The number of rotatable bonds is 6. The molecule has 0 saturated carbocycles. The molecule has 5 aromatic rings. The number of ether oxygens (including phenoxy) is 1. The predicted octanol–water partition coefficient (Wildman–Crippen LogP) is 5.67. The van der Waals surface area contributed by atoms with Crippen molar-refractivity contribution in [2.75, 3.05) is 0 Å². The van der Waals surface area contributed by atoms with E-state index in [4.69, 9.17) is 9.15 Å². The van der Waals surface area contributed by atoms with E-state index in [0.717, 1.165) is 15.2 Å². The van der Waals surface area contributed by atoms with Crippen LogP contribution >= 0.6 is 11.3 Å². The standard InChI is InChI=1S/C24H17N3O3S/c28-23(16-7-9-17(10-8-16)29-18-4-3-13-25-14-18)26-15-19-11-12-21(30-19)24-27-20-5-1-2-6-22(20)31-24/h1-14H,15H2,(H,26,28). The number of para-hydroxylation sites is 1. The number of nitrogens with zero attached hydrogens (tertiary/aromatic N) is 2. The zero-order valence-corrected chi connectivity index (χ0v) is 17.1. The Morgan fingerprint density at radius 2 is 1.84 bits per heavy atom. The molecule has 0 spiro atoms. The van der Waals surface area contributed by atoms with Gasteiger partial charge in [0.1, 0.15) is 17.3 Å². The summed E-state index contributed by atoms with van der Waals surface area (Å²) in [6.07, 6.45) is 3.31. The molecule has 3 heterocycles. The van der Waals surface area contributed by atoms with E-state index in [2.05, 4.69) is 15.3 Å². The molecule has 0 radical (unpaired) electrons. The molecule has 0 aliphatic carbocycles. The second-order valence-electron chi connectivity index (χ2n) is 6.75. The Hall–Kier alpha value is -3.97. The number of carbonyl (C=O) groups excluding carboxylic acids is 1. The minimum atomic E-state index is -0.189. The molecule has 6 nitrogen and oxygen atoms in total. The molecule has 31 heavy (non-hydrogen) atoms. The van der Waals surface area contributed by atoms with Gasteiger partial charge in [-0.15, -0.1) is 11.3 Å². The molecule has 5 rings (SSSR count). The maximum atomic E-state index is 12.5. The van der Waals surface area contributed by atoms with E-state index in [1.807, 2.05) is 42.5 Å². The fraction of sp³-hybridized carbons (Fsp3) is 0.0417. The molecule has 0 aliphatic rings. The number of benzene rings is 2. The Kier molecular flexibility index (Phi) is 5.16. The Morgan fingerprint density at radius 1 is 0.968 bits per heavy atom. The summed E-state index contributed by atoms with van der Waals surface area (Å²) in [5.41, 5.74) is 1.49. The number of carbonyl (C=O) groups is 1. The molecule has 0 atom stereocenters. The monoisotopic (exact) mass is 427 g/mol. The second kappa shape index (κ2) is 8.41. The first-order valence-electron chi connectivity index (χ1n) is 9.65. The van der Waals surface area contributed by atoms with Crippen LogP contribution in [0.1, 0.15) is 16.1 Å². The van der Waals surface area contributed by atoms with Gasteiger partial charge in [0.15, 0.2) is 10.8 Å². The van der Waals surface area contributed by atoms with Gasteiger partial charge in [0.05, 0.1) is 23.0 Å². The third-order valence-corrected chi connectivity index (χ3v) is 5.63. The molecule has 3 aromatic heterocycles. The minimum absolute atomic E-state index is 0.189. The maximum Gasteiger partial charge on any atom is 0.251 e. The van der Waals surface area contributed by atoms with Crippen LogP contribution in [0.2, 0.25) is 0 Å². The van der Waals surface area contributed by atoms with Crippen LogP contribution in [0.4, 0.5) is 0 Å². The molecule has 7 heteroatoms. The highest BCUT2D eigenvalue weighted by molar-refractivity contribution is 7.21. The van der Waals surface area contributed by atoms with Crippen molar-refractivity contribution in [3.05, 3.63) is 96.5 Å². The van der Waals surface area contributed by atoms with Crippen LogP contribution < -0.4 is 10.1 Å². The van der Waals surface area contributed by atoms with E-state index >= 15 is 0 Å². The highest BCUT2D eigenvalue weighted by atomic mass is 32.1. The molecule has 0 bridgehead atoms. The van der Waals surface area contributed by atoms with Crippen molar-refractivity contribution in [1.29, 1.82) is 0 Å². The van der Waals surface area contributed by atoms with Crippen molar-refractivity contribution >= 4 is 27.5 Å². The lowest BCUT2D eigenvalue weighted by atomic mass is 10.2. The largest absolute Gasteiger partial charge is 0.457 e. The van der Waals surface area contributed by atoms with Gasteiger partial charge < -0.3 is 14.5 Å². The van der Waals surface area contributed by atoms with Crippen LogP contribution in [0, 0.1) is 0 Å². The van der Waals surface area contributed by atoms with E-state index in [0.29, 0.717) is 28.6 Å². The van der Waals surface area contributed by atoms with E-state index in [-0.39, 0.29) is 12.5 Å². The predicted molar refractivity (Wildman–Crippen MR) is 119 cm³/mol. The maximum absolute atomic E-state index is 12.5. The summed E-state index contributed by atoms with van der Waals surface area (Å²) in [7, 11) is 0. The average Bonchev–Trinajstić information content (AvgIpc) is 3.45. The van der Waals surface area contributed by atoms with Crippen molar-refractivity contribution in [2.45, 2.75) is 6.54 Å². The number of amides is 1. The van der Waals surface area contributed by atoms with Gasteiger partial charge in [0.25, 0.3) is 5.91 Å². The van der Waals surface area contributed by atoms with Gasteiger partial charge in [0, 0.05) is 11.8 Å². The molecular formula is C24H17N3O3S. The van der Waals surface area contributed by atoms with Gasteiger partial charge in [0.2, 0.25) is 0 Å². The fourth-order valence-corrected chi connectivity index (χ4v) is 3.98. The molecule has 1 N–H and O–H groups in total. The molecular weight excluding hydrogens is 410 g/mol. The highest BCUT2D eigenvalue weighted by Gasteiger charge is 2.12. The Labute approximate surface area is 182 Å². The summed E-state index contributed by atoms with van der Waals surface area (Å²) in [6, 6.07) is 22.3. The van der Waals surface area contributed by atoms with Gasteiger partial charge in [-0.3, -0.25) is 9.78 Å². The smallest absolute Gasteiger partial charge is 0.251 e.